The molecule has 0 atom stereocenters. The first kappa shape index (κ1) is 25.1. The number of carbonyl (C=O) groups is 1. The molecule has 0 aliphatic carbocycles. The number of aryl methyl sites for hydroxylation is 1. The zero-order valence-electron chi connectivity index (χ0n) is 19.6. The van der Waals surface area contributed by atoms with Crippen LogP contribution >= 0.6 is 0 Å². The average molecular weight is 442 g/mol. The van der Waals surface area contributed by atoms with Crippen molar-refractivity contribution in [3.05, 3.63) is 59.4 Å². The third-order valence-electron chi connectivity index (χ3n) is 4.91. The van der Waals surface area contributed by atoms with Crippen LogP contribution in [0.3, 0.4) is 0 Å². The minimum Gasteiger partial charge on any atom is -0.493 e. The summed E-state index contributed by atoms with van der Waals surface area (Å²) in [5.74, 6) is 1.39. The Labute approximate surface area is 191 Å². The quantitative estimate of drug-likeness (QED) is 0.298. The molecule has 0 saturated carbocycles. The lowest BCUT2D eigenvalue weighted by Crippen LogP contribution is -2.43. The number of nitrogens with one attached hydrogen (secondary N) is 2. The van der Waals surface area contributed by atoms with Crippen LogP contribution < -0.4 is 15.4 Å². The Bertz CT molecular complexity index is 858. The van der Waals surface area contributed by atoms with Crippen LogP contribution in [0.4, 0.5) is 0 Å². The Morgan fingerprint density at radius 2 is 2.03 bits per heavy atom. The number of pyridine rings is 1. The lowest BCUT2D eigenvalue weighted by Gasteiger charge is -2.19. The van der Waals surface area contributed by atoms with Crippen molar-refractivity contribution in [3.8, 4) is 5.75 Å². The highest BCUT2D eigenvalue weighted by Crippen LogP contribution is 2.20. The molecular formula is C24H35N5O3. The number of hydrogen-bond donors (Lipinski definition) is 2. The van der Waals surface area contributed by atoms with Crippen LogP contribution in [-0.4, -0.2) is 69.3 Å². The van der Waals surface area contributed by atoms with Crippen molar-refractivity contribution in [3.63, 3.8) is 0 Å². The van der Waals surface area contributed by atoms with Gasteiger partial charge in [-0.2, -0.15) is 0 Å². The molecule has 1 heterocycles. The van der Waals surface area contributed by atoms with Crippen molar-refractivity contribution in [1.82, 2.24) is 20.5 Å². The molecule has 1 aromatic carbocycles. The van der Waals surface area contributed by atoms with E-state index < -0.39 is 0 Å². The molecule has 0 aliphatic heterocycles. The van der Waals surface area contributed by atoms with Crippen LogP contribution in [0.2, 0.25) is 0 Å². The largest absolute Gasteiger partial charge is 0.493 e. The summed E-state index contributed by atoms with van der Waals surface area (Å²) in [5.41, 5.74) is 3.13. The molecule has 0 bridgehead atoms. The first-order valence-corrected chi connectivity index (χ1v) is 10.8. The summed E-state index contributed by atoms with van der Waals surface area (Å²) in [5, 5.41) is 6.34. The maximum absolute atomic E-state index is 12.5. The number of ether oxygens (including phenoxy) is 2. The van der Waals surface area contributed by atoms with Crippen LogP contribution in [-0.2, 0) is 22.5 Å². The molecule has 1 amide bonds. The van der Waals surface area contributed by atoms with Gasteiger partial charge in [-0.15, -0.1) is 0 Å². The van der Waals surface area contributed by atoms with Gasteiger partial charge in [0.1, 0.15) is 5.75 Å². The van der Waals surface area contributed by atoms with Crippen molar-refractivity contribution < 1.29 is 14.3 Å². The van der Waals surface area contributed by atoms with Crippen molar-refractivity contribution in [1.29, 1.82) is 0 Å². The molecule has 32 heavy (non-hydrogen) atoms. The van der Waals surface area contributed by atoms with Crippen LogP contribution in [0.25, 0.3) is 0 Å². The molecule has 8 nitrogen and oxygen atoms in total. The van der Waals surface area contributed by atoms with E-state index in [1.807, 2.05) is 37.3 Å². The number of hydrogen-bond acceptors (Lipinski definition) is 5. The fraction of sp³-hybridized carbons (Fsp3) is 0.458. The molecule has 174 valence electrons. The second kappa shape index (κ2) is 14.0. The van der Waals surface area contributed by atoms with E-state index in [-0.39, 0.29) is 12.5 Å². The summed E-state index contributed by atoms with van der Waals surface area (Å²) >= 11 is 0. The molecule has 1 aromatic heterocycles. The third-order valence-corrected chi connectivity index (χ3v) is 4.91. The summed E-state index contributed by atoms with van der Waals surface area (Å²) in [6.45, 7) is 4.60. The molecule has 2 N–H and O–H groups in total. The van der Waals surface area contributed by atoms with Crippen molar-refractivity contribution in [2.45, 2.75) is 26.3 Å². The summed E-state index contributed by atoms with van der Waals surface area (Å²) in [4.78, 5) is 22.7. The Morgan fingerprint density at radius 3 is 2.75 bits per heavy atom. The third kappa shape index (κ3) is 8.93. The average Bonchev–Trinajstić information content (AvgIpc) is 2.81. The Balaban J connectivity index is 1.80. The molecule has 0 aliphatic rings. The monoisotopic (exact) mass is 441 g/mol. The highest BCUT2D eigenvalue weighted by atomic mass is 16.5. The Hall–Kier alpha value is -3.13. The van der Waals surface area contributed by atoms with Gasteiger partial charge in [0.05, 0.1) is 13.2 Å². The standard InChI is InChI=1S/C24H35N5O3/c1-19-9-10-20(22(16-19)32-15-7-14-31-4)17-27-24(25-2)28-18-23(30)29(3)13-11-21-8-5-6-12-26-21/h5-6,8-10,12,16H,7,11,13-15,17-18H2,1-4H3,(H2,25,27,28). The minimum atomic E-state index is -0.0126. The number of nitrogens with zero attached hydrogens (tertiary/aromatic N) is 3. The van der Waals surface area contributed by atoms with Gasteiger partial charge in [0.25, 0.3) is 0 Å². The highest BCUT2D eigenvalue weighted by molar-refractivity contribution is 5.86. The van der Waals surface area contributed by atoms with E-state index in [0.717, 1.165) is 35.4 Å². The van der Waals surface area contributed by atoms with Crippen LogP contribution in [0.15, 0.2) is 47.6 Å². The van der Waals surface area contributed by atoms with Crippen molar-refractivity contribution in [2.24, 2.45) is 4.99 Å². The number of carbonyl (C=O) groups excluding carboxylic acids is 1. The zero-order chi connectivity index (χ0) is 23.2. The molecule has 0 unspecified atom stereocenters. The SMILES string of the molecule is CN=C(NCC(=O)N(C)CCc1ccccn1)NCc1ccc(C)cc1OCCCOC. The first-order valence-electron chi connectivity index (χ1n) is 10.8. The maximum atomic E-state index is 12.5. The number of methoxy groups -OCH3 is 1. The van der Waals surface area contributed by atoms with E-state index >= 15 is 0 Å². The van der Waals surface area contributed by atoms with E-state index in [1.165, 1.54) is 0 Å². The van der Waals surface area contributed by atoms with Crippen LogP contribution in [0.1, 0.15) is 23.2 Å². The molecule has 2 rings (SSSR count). The predicted octanol–water partition coefficient (Wildman–Crippen LogP) is 2.17. The molecule has 8 heteroatoms. The van der Waals surface area contributed by atoms with Gasteiger partial charge in [0.15, 0.2) is 5.96 Å². The normalized spacial score (nSPS) is 11.2. The molecule has 2 aromatic rings. The lowest BCUT2D eigenvalue weighted by molar-refractivity contribution is -0.128. The van der Waals surface area contributed by atoms with E-state index in [0.29, 0.717) is 32.3 Å². The van der Waals surface area contributed by atoms with Gasteiger partial charge in [-0.3, -0.25) is 14.8 Å². The van der Waals surface area contributed by atoms with E-state index in [2.05, 4.69) is 26.7 Å². The molecule has 0 radical (unpaired) electrons. The molecule has 0 saturated heterocycles. The van der Waals surface area contributed by atoms with Crippen molar-refractivity contribution >= 4 is 11.9 Å². The maximum Gasteiger partial charge on any atom is 0.241 e. The number of aromatic nitrogens is 1. The summed E-state index contributed by atoms with van der Waals surface area (Å²) < 4.78 is 11.0. The molecule has 0 spiro atoms. The fourth-order valence-electron chi connectivity index (χ4n) is 2.97. The number of amides is 1. The number of aliphatic imine (C=N–C) groups is 1. The van der Waals surface area contributed by atoms with Gasteiger partial charge in [-0.1, -0.05) is 18.2 Å². The Morgan fingerprint density at radius 1 is 1.19 bits per heavy atom. The summed E-state index contributed by atoms with van der Waals surface area (Å²) in [6, 6.07) is 11.9. The van der Waals surface area contributed by atoms with E-state index in [1.54, 1.807) is 32.3 Å². The van der Waals surface area contributed by atoms with Crippen molar-refractivity contribution in [2.75, 3.05) is 47.5 Å². The van der Waals surface area contributed by atoms with E-state index in [9.17, 15) is 4.79 Å². The van der Waals surface area contributed by atoms with Gasteiger partial charge in [0.2, 0.25) is 5.91 Å². The minimum absolute atomic E-state index is 0.0126. The second-order valence-electron chi connectivity index (χ2n) is 7.47. The predicted molar refractivity (Wildman–Crippen MR) is 127 cm³/mol. The first-order chi connectivity index (χ1) is 15.5. The fourth-order valence-corrected chi connectivity index (χ4v) is 2.97. The smallest absolute Gasteiger partial charge is 0.241 e. The molecular weight excluding hydrogens is 406 g/mol. The van der Waals surface area contributed by atoms with Gasteiger partial charge in [-0.05, 0) is 30.7 Å². The Kier molecular flexibility index (Phi) is 11.0. The second-order valence-corrected chi connectivity index (χ2v) is 7.47. The number of likely N-dealkylation sites (N-methyl/N-ethyl adjacent to an activating group) is 1. The number of rotatable bonds is 12. The molecule has 0 fully saturated rings. The number of benzene rings is 1. The topological polar surface area (TPSA) is 88.1 Å². The van der Waals surface area contributed by atoms with Gasteiger partial charge < -0.3 is 25.0 Å². The van der Waals surface area contributed by atoms with E-state index in [4.69, 9.17) is 9.47 Å². The zero-order valence-corrected chi connectivity index (χ0v) is 19.6. The van der Waals surface area contributed by atoms with Gasteiger partial charge in [-0.25, -0.2) is 0 Å². The summed E-state index contributed by atoms with van der Waals surface area (Å²) in [7, 11) is 5.16. The highest BCUT2D eigenvalue weighted by Gasteiger charge is 2.11. The van der Waals surface area contributed by atoms with Crippen LogP contribution in [0, 0.1) is 6.92 Å². The van der Waals surface area contributed by atoms with Gasteiger partial charge >= 0.3 is 0 Å². The van der Waals surface area contributed by atoms with Gasteiger partial charge in [0, 0.05) is 71.2 Å². The summed E-state index contributed by atoms with van der Waals surface area (Å²) in [6.07, 6.45) is 3.31. The van der Waals surface area contributed by atoms with Crippen LogP contribution in [0.5, 0.6) is 5.75 Å². The lowest BCUT2D eigenvalue weighted by atomic mass is 10.1. The number of guanidine groups is 1.